The van der Waals surface area contributed by atoms with Gasteiger partial charge in [0.05, 0.1) is 11.5 Å². The van der Waals surface area contributed by atoms with Gasteiger partial charge in [0.2, 0.25) is 0 Å². The largest absolute Gasteiger partial charge is 0.297 e. The second-order valence-corrected chi connectivity index (χ2v) is 4.37. The summed E-state index contributed by atoms with van der Waals surface area (Å²) in [7, 11) is -3.62. The molecule has 0 fully saturated rings. The Morgan fingerprint density at radius 2 is 2.15 bits per heavy atom. The van der Waals surface area contributed by atoms with E-state index in [1.807, 2.05) is 0 Å². The lowest BCUT2D eigenvalue weighted by Crippen LogP contribution is -2.05. The maximum Gasteiger partial charge on any atom is 0.297 e. The van der Waals surface area contributed by atoms with Gasteiger partial charge < -0.3 is 0 Å². The third kappa shape index (κ3) is 2.69. The summed E-state index contributed by atoms with van der Waals surface area (Å²) in [6, 6.07) is 5.96. The van der Waals surface area contributed by atoms with Crippen LogP contribution in [0.15, 0.2) is 29.2 Å². The van der Waals surface area contributed by atoms with Gasteiger partial charge in [-0.1, -0.05) is 17.7 Å². The normalized spacial score (nSPS) is 11.5. The van der Waals surface area contributed by atoms with E-state index in [4.69, 9.17) is 11.6 Å². The van der Waals surface area contributed by atoms with Crippen LogP contribution in [0.3, 0.4) is 0 Å². The minimum absolute atomic E-state index is 0.0850. The van der Waals surface area contributed by atoms with Gasteiger partial charge in [-0.15, -0.1) is 0 Å². The maximum absolute atomic E-state index is 11.3. The SMILES string of the molecule is CCOS(=O)(=O)c1cccc(Cl)c1. The van der Waals surface area contributed by atoms with Crippen molar-refractivity contribution < 1.29 is 12.6 Å². The van der Waals surface area contributed by atoms with Crippen LogP contribution in [-0.4, -0.2) is 15.0 Å². The average Bonchev–Trinajstić information content (AvgIpc) is 2.04. The van der Waals surface area contributed by atoms with E-state index in [0.717, 1.165) is 0 Å². The Bertz CT molecular complexity index is 386. The zero-order chi connectivity index (χ0) is 9.90. The summed E-state index contributed by atoms with van der Waals surface area (Å²) in [4.78, 5) is 0.0850. The van der Waals surface area contributed by atoms with Crippen molar-refractivity contribution in [3.63, 3.8) is 0 Å². The summed E-state index contributed by atoms with van der Waals surface area (Å²) in [5.41, 5.74) is 0. The molecule has 0 saturated carbocycles. The van der Waals surface area contributed by atoms with Gasteiger partial charge in [-0.3, -0.25) is 4.18 Å². The minimum atomic E-state index is -3.62. The van der Waals surface area contributed by atoms with Crippen LogP contribution in [0, 0.1) is 0 Å². The summed E-state index contributed by atoms with van der Waals surface area (Å²) in [5.74, 6) is 0. The third-order valence-corrected chi connectivity index (χ3v) is 2.97. The monoisotopic (exact) mass is 220 g/mol. The van der Waals surface area contributed by atoms with Crippen LogP contribution in [0.2, 0.25) is 5.02 Å². The van der Waals surface area contributed by atoms with Crippen molar-refractivity contribution in [3.05, 3.63) is 29.3 Å². The Balaban J connectivity index is 3.08. The van der Waals surface area contributed by atoms with E-state index in [1.165, 1.54) is 12.1 Å². The van der Waals surface area contributed by atoms with E-state index in [2.05, 4.69) is 4.18 Å². The molecule has 0 aliphatic heterocycles. The van der Waals surface area contributed by atoms with Crippen LogP contribution in [0.5, 0.6) is 0 Å². The van der Waals surface area contributed by atoms with Gasteiger partial charge in [0.1, 0.15) is 0 Å². The predicted octanol–water partition coefficient (Wildman–Crippen LogP) is 2.07. The number of halogens is 1. The highest BCUT2D eigenvalue weighted by molar-refractivity contribution is 7.86. The second kappa shape index (κ2) is 4.09. The highest BCUT2D eigenvalue weighted by Gasteiger charge is 2.13. The lowest BCUT2D eigenvalue weighted by atomic mass is 10.4. The summed E-state index contributed by atoms with van der Waals surface area (Å²) in [6.45, 7) is 1.73. The van der Waals surface area contributed by atoms with Crippen LogP contribution in [0.1, 0.15) is 6.92 Å². The van der Waals surface area contributed by atoms with Gasteiger partial charge in [0.25, 0.3) is 10.1 Å². The van der Waals surface area contributed by atoms with Crippen LogP contribution in [-0.2, 0) is 14.3 Å². The van der Waals surface area contributed by atoms with Gasteiger partial charge >= 0.3 is 0 Å². The Morgan fingerprint density at radius 3 is 2.69 bits per heavy atom. The van der Waals surface area contributed by atoms with Crippen molar-refractivity contribution in [3.8, 4) is 0 Å². The number of rotatable bonds is 3. The summed E-state index contributed by atoms with van der Waals surface area (Å²) in [6.07, 6.45) is 0. The Labute approximate surface area is 82.4 Å². The van der Waals surface area contributed by atoms with Crippen LogP contribution in [0.4, 0.5) is 0 Å². The summed E-state index contributed by atoms with van der Waals surface area (Å²) < 4.78 is 27.2. The summed E-state index contributed by atoms with van der Waals surface area (Å²) in [5, 5.41) is 0.376. The molecule has 0 aliphatic rings. The maximum atomic E-state index is 11.3. The molecule has 1 aromatic rings. The topological polar surface area (TPSA) is 43.4 Å². The Morgan fingerprint density at radius 1 is 1.46 bits per heavy atom. The number of hydrogen-bond acceptors (Lipinski definition) is 3. The molecule has 13 heavy (non-hydrogen) atoms. The molecule has 5 heteroatoms. The van der Waals surface area contributed by atoms with Gasteiger partial charge in [0.15, 0.2) is 0 Å². The molecule has 3 nitrogen and oxygen atoms in total. The van der Waals surface area contributed by atoms with Crippen molar-refractivity contribution >= 4 is 21.7 Å². The molecule has 0 aromatic heterocycles. The van der Waals surface area contributed by atoms with Crippen molar-refractivity contribution in [1.29, 1.82) is 0 Å². The van der Waals surface area contributed by atoms with Crippen molar-refractivity contribution in [2.75, 3.05) is 6.61 Å². The lowest BCUT2D eigenvalue weighted by Gasteiger charge is -2.02. The Kier molecular flexibility index (Phi) is 3.30. The quantitative estimate of drug-likeness (QED) is 0.733. The standard InChI is InChI=1S/C8H9ClO3S/c1-2-12-13(10,11)8-5-3-4-7(9)6-8/h3-6H,2H2,1H3. The zero-order valence-corrected chi connectivity index (χ0v) is 8.60. The number of benzene rings is 1. The molecule has 0 aliphatic carbocycles. The fourth-order valence-electron chi connectivity index (χ4n) is 0.846. The average molecular weight is 221 g/mol. The molecule has 1 aromatic carbocycles. The molecule has 0 unspecified atom stereocenters. The van der Waals surface area contributed by atoms with Crippen LogP contribution >= 0.6 is 11.6 Å². The van der Waals surface area contributed by atoms with Gasteiger partial charge in [-0.2, -0.15) is 8.42 Å². The highest BCUT2D eigenvalue weighted by atomic mass is 35.5. The first-order valence-corrected chi connectivity index (χ1v) is 5.50. The number of hydrogen-bond donors (Lipinski definition) is 0. The molecule has 0 amide bonds. The smallest absolute Gasteiger partial charge is 0.267 e. The predicted molar refractivity (Wildman–Crippen MR) is 50.3 cm³/mol. The van der Waals surface area contributed by atoms with E-state index >= 15 is 0 Å². The van der Waals surface area contributed by atoms with E-state index in [1.54, 1.807) is 19.1 Å². The van der Waals surface area contributed by atoms with Gasteiger partial charge in [-0.05, 0) is 25.1 Å². The molecule has 0 spiro atoms. The highest BCUT2D eigenvalue weighted by Crippen LogP contribution is 2.16. The molecule has 0 saturated heterocycles. The molecule has 0 heterocycles. The summed E-state index contributed by atoms with van der Waals surface area (Å²) >= 11 is 5.63. The molecular weight excluding hydrogens is 212 g/mol. The van der Waals surface area contributed by atoms with Crippen molar-refractivity contribution in [1.82, 2.24) is 0 Å². The van der Waals surface area contributed by atoms with Crippen molar-refractivity contribution in [2.24, 2.45) is 0 Å². The fourth-order valence-corrected chi connectivity index (χ4v) is 2.06. The van der Waals surface area contributed by atoms with Crippen LogP contribution in [0.25, 0.3) is 0 Å². The molecule has 1 rings (SSSR count). The first-order chi connectivity index (χ1) is 6.06. The van der Waals surface area contributed by atoms with Crippen LogP contribution < -0.4 is 0 Å². The zero-order valence-electron chi connectivity index (χ0n) is 7.03. The minimum Gasteiger partial charge on any atom is -0.267 e. The second-order valence-electron chi connectivity index (χ2n) is 2.32. The van der Waals surface area contributed by atoms with E-state index in [-0.39, 0.29) is 11.5 Å². The molecule has 0 atom stereocenters. The van der Waals surface area contributed by atoms with E-state index in [9.17, 15) is 8.42 Å². The first kappa shape index (κ1) is 10.5. The van der Waals surface area contributed by atoms with E-state index in [0.29, 0.717) is 5.02 Å². The molecular formula is C8H9ClO3S. The molecule has 72 valence electrons. The molecule has 0 N–H and O–H groups in total. The first-order valence-electron chi connectivity index (χ1n) is 3.71. The van der Waals surface area contributed by atoms with Gasteiger partial charge in [-0.25, -0.2) is 0 Å². The third-order valence-electron chi connectivity index (χ3n) is 1.36. The molecule has 0 radical (unpaired) electrons. The van der Waals surface area contributed by atoms with Crippen molar-refractivity contribution in [2.45, 2.75) is 11.8 Å². The van der Waals surface area contributed by atoms with E-state index < -0.39 is 10.1 Å². The lowest BCUT2D eigenvalue weighted by molar-refractivity contribution is 0.338. The fraction of sp³-hybridized carbons (Fsp3) is 0.250. The Hall–Kier alpha value is -0.580. The van der Waals surface area contributed by atoms with Gasteiger partial charge in [0, 0.05) is 5.02 Å². The molecule has 0 bridgehead atoms.